The summed E-state index contributed by atoms with van der Waals surface area (Å²) in [5.74, 6) is 0.774. The molecule has 0 aromatic heterocycles. The van der Waals surface area contributed by atoms with Crippen molar-refractivity contribution in [3.05, 3.63) is 81.1 Å². The van der Waals surface area contributed by atoms with Crippen molar-refractivity contribution >= 4 is 18.0 Å². The first-order chi connectivity index (χ1) is 17.0. The van der Waals surface area contributed by atoms with Gasteiger partial charge in [0.1, 0.15) is 5.76 Å². The molecule has 0 bridgehead atoms. The van der Waals surface area contributed by atoms with Crippen LogP contribution in [0.15, 0.2) is 75.7 Å². The van der Waals surface area contributed by atoms with Crippen molar-refractivity contribution in [2.45, 2.75) is 63.8 Å². The zero-order valence-electron chi connectivity index (χ0n) is 20.2. The molecule has 0 radical (unpaired) electrons. The Morgan fingerprint density at radius 1 is 1.06 bits per heavy atom. The number of unbranched alkanes of at least 4 members (excludes halogenated alkanes) is 2. The van der Waals surface area contributed by atoms with E-state index in [0.717, 1.165) is 37.0 Å². The highest BCUT2D eigenvalue weighted by Crippen LogP contribution is 2.34. The number of fused-ring (bicyclic) bond motifs is 2. The van der Waals surface area contributed by atoms with Crippen LogP contribution in [0.4, 0.5) is 0 Å². The molecule has 5 rings (SSSR count). The van der Waals surface area contributed by atoms with E-state index in [2.05, 4.69) is 65.8 Å². The molecule has 4 N–H and O–H groups in total. The van der Waals surface area contributed by atoms with Crippen molar-refractivity contribution in [2.75, 3.05) is 6.61 Å². The fraction of sp³-hybridized carbons (Fsp3) is 0.414. The molecule has 0 amide bonds. The molecule has 0 fully saturated rings. The van der Waals surface area contributed by atoms with Gasteiger partial charge in [-0.3, -0.25) is 0 Å². The number of nitrogens with zero attached hydrogens (tertiary/aromatic N) is 1. The highest BCUT2D eigenvalue weighted by atomic mass is 16.5. The van der Waals surface area contributed by atoms with Crippen LogP contribution < -0.4 is 15.8 Å². The van der Waals surface area contributed by atoms with Crippen LogP contribution >= 0.6 is 0 Å². The van der Waals surface area contributed by atoms with Crippen LogP contribution in [0.5, 0.6) is 0 Å². The molecule has 0 saturated carbocycles. The van der Waals surface area contributed by atoms with E-state index in [-0.39, 0.29) is 24.5 Å². The van der Waals surface area contributed by atoms with E-state index in [9.17, 15) is 15.3 Å². The van der Waals surface area contributed by atoms with Gasteiger partial charge in [0, 0.05) is 36.1 Å². The number of hydrogen-bond donors (Lipinski definition) is 4. The van der Waals surface area contributed by atoms with E-state index in [4.69, 9.17) is 4.74 Å². The van der Waals surface area contributed by atoms with Gasteiger partial charge >= 0.3 is 0 Å². The first kappa shape index (κ1) is 23.6. The number of rotatable bonds is 6. The Bertz CT molecular complexity index is 1250. The van der Waals surface area contributed by atoms with Crippen LogP contribution in [0.25, 0.3) is 12.2 Å². The van der Waals surface area contributed by atoms with Gasteiger partial charge in [0.25, 0.3) is 0 Å². The molecule has 1 heterocycles. The lowest BCUT2D eigenvalue weighted by molar-refractivity contribution is 0.0670. The lowest BCUT2D eigenvalue weighted by atomic mass is 9.82. The van der Waals surface area contributed by atoms with Crippen molar-refractivity contribution in [1.82, 2.24) is 5.32 Å². The summed E-state index contributed by atoms with van der Waals surface area (Å²) in [6.07, 6.45) is 12.7. The van der Waals surface area contributed by atoms with E-state index in [1.54, 1.807) is 0 Å². The SMILES string of the molecule is CCCCCOC1=NC(C2=C(O)CC(O)CC2O)NC(C2=CC=C3C=c4ccccc4=CC3C2)=C1. The molecule has 0 saturated heterocycles. The molecule has 4 atom stereocenters. The number of hydrogen-bond acceptors (Lipinski definition) is 6. The molecule has 1 aromatic rings. The molecule has 1 aliphatic heterocycles. The van der Waals surface area contributed by atoms with E-state index in [0.29, 0.717) is 18.1 Å². The zero-order chi connectivity index (χ0) is 24.4. The highest BCUT2D eigenvalue weighted by molar-refractivity contribution is 5.90. The monoisotopic (exact) mass is 474 g/mol. The maximum atomic E-state index is 10.7. The number of aliphatic imine (C=N–C) groups is 1. The van der Waals surface area contributed by atoms with Crippen molar-refractivity contribution < 1.29 is 20.1 Å². The standard InChI is InChI=1S/C29H34N2O4/c1-2-3-6-11-35-27-17-24(30-29(31-27)28-25(33)15-23(32)16-26(28)34)21-10-9-20-12-18-7-4-5-8-19(18)13-22(20)14-21/h4-5,7-10,12-13,17,22-23,25,29-30,32-34H,2-3,6,11,14-16H2,1H3. The second kappa shape index (κ2) is 10.3. The number of aliphatic hydroxyl groups is 3. The smallest absolute Gasteiger partial charge is 0.213 e. The second-order valence-corrected chi connectivity index (χ2v) is 9.75. The lowest BCUT2D eigenvalue weighted by Crippen LogP contribution is -2.42. The Hall–Kier alpha value is -3.09. The Kier molecular flexibility index (Phi) is 6.93. The fourth-order valence-corrected chi connectivity index (χ4v) is 5.23. The van der Waals surface area contributed by atoms with Crippen LogP contribution in [-0.4, -0.2) is 46.2 Å². The Morgan fingerprint density at radius 3 is 2.69 bits per heavy atom. The minimum atomic E-state index is -0.967. The van der Waals surface area contributed by atoms with Crippen molar-refractivity contribution in [1.29, 1.82) is 0 Å². The maximum Gasteiger partial charge on any atom is 0.213 e. The fourth-order valence-electron chi connectivity index (χ4n) is 5.23. The van der Waals surface area contributed by atoms with Gasteiger partial charge in [0.2, 0.25) is 5.90 Å². The summed E-state index contributed by atoms with van der Waals surface area (Å²) < 4.78 is 6.01. The summed E-state index contributed by atoms with van der Waals surface area (Å²) in [7, 11) is 0. The Labute approximate surface area is 206 Å². The number of allylic oxidation sites excluding steroid dienone is 4. The molecule has 6 nitrogen and oxygen atoms in total. The molecule has 1 aromatic carbocycles. The first-order valence-electron chi connectivity index (χ1n) is 12.7. The molecule has 3 aliphatic carbocycles. The van der Waals surface area contributed by atoms with E-state index < -0.39 is 18.4 Å². The zero-order valence-corrected chi connectivity index (χ0v) is 20.2. The van der Waals surface area contributed by atoms with Crippen LogP contribution in [0.1, 0.15) is 45.4 Å². The van der Waals surface area contributed by atoms with Crippen LogP contribution in [0, 0.1) is 5.92 Å². The largest absolute Gasteiger partial charge is 0.512 e. The normalized spacial score (nSPS) is 27.6. The summed E-state index contributed by atoms with van der Waals surface area (Å²) in [6.45, 7) is 2.72. The van der Waals surface area contributed by atoms with Gasteiger partial charge in [0.15, 0.2) is 6.17 Å². The van der Waals surface area contributed by atoms with Crippen molar-refractivity contribution in [3.8, 4) is 0 Å². The molecule has 35 heavy (non-hydrogen) atoms. The number of nitrogens with one attached hydrogen (secondary N) is 1. The van der Waals surface area contributed by atoms with Crippen molar-refractivity contribution in [3.63, 3.8) is 0 Å². The third-order valence-electron chi connectivity index (χ3n) is 7.12. The summed E-state index contributed by atoms with van der Waals surface area (Å²) in [6, 6.07) is 8.43. The minimum Gasteiger partial charge on any atom is -0.512 e. The van der Waals surface area contributed by atoms with Gasteiger partial charge < -0.3 is 25.4 Å². The van der Waals surface area contributed by atoms with E-state index in [1.807, 2.05) is 6.08 Å². The quantitative estimate of drug-likeness (QED) is 0.476. The Morgan fingerprint density at radius 2 is 1.89 bits per heavy atom. The summed E-state index contributed by atoms with van der Waals surface area (Å²) in [5, 5.41) is 37.1. The highest BCUT2D eigenvalue weighted by Gasteiger charge is 2.34. The summed E-state index contributed by atoms with van der Waals surface area (Å²) in [4.78, 5) is 4.68. The minimum absolute atomic E-state index is 0.00397. The molecule has 0 spiro atoms. The van der Waals surface area contributed by atoms with Crippen molar-refractivity contribution in [2.24, 2.45) is 10.9 Å². The van der Waals surface area contributed by atoms with E-state index >= 15 is 0 Å². The van der Waals surface area contributed by atoms with Crippen LogP contribution in [0.2, 0.25) is 0 Å². The molecule has 4 unspecified atom stereocenters. The molecular formula is C29H34N2O4. The van der Waals surface area contributed by atoms with Gasteiger partial charge in [-0.25, -0.2) is 4.99 Å². The molecular weight excluding hydrogens is 440 g/mol. The topological polar surface area (TPSA) is 94.3 Å². The van der Waals surface area contributed by atoms with Gasteiger partial charge in [-0.05, 0) is 34.4 Å². The number of ether oxygens (including phenoxy) is 1. The van der Waals surface area contributed by atoms with Gasteiger partial charge in [-0.1, -0.05) is 68.3 Å². The maximum absolute atomic E-state index is 10.7. The average Bonchev–Trinajstić information content (AvgIpc) is 2.84. The predicted octanol–water partition coefficient (Wildman–Crippen LogP) is 2.88. The first-order valence-corrected chi connectivity index (χ1v) is 12.7. The van der Waals surface area contributed by atoms with E-state index in [1.165, 1.54) is 16.0 Å². The second-order valence-electron chi connectivity index (χ2n) is 9.75. The van der Waals surface area contributed by atoms with Gasteiger partial charge in [0.05, 0.1) is 18.8 Å². The Balaban J connectivity index is 1.44. The van der Waals surface area contributed by atoms with Gasteiger partial charge in [-0.2, -0.15) is 0 Å². The van der Waals surface area contributed by atoms with Gasteiger partial charge in [-0.15, -0.1) is 0 Å². The predicted molar refractivity (Wildman–Crippen MR) is 138 cm³/mol. The average molecular weight is 475 g/mol. The molecule has 4 aliphatic rings. The summed E-state index contributed by atoms with van der Waals surface area (Å²) >= 11 is 0. The molecule has 6 heteroatoms. The summed E-state index contributed by atoms with van der Waals surface area (Å²) in [5.41, 5.74) is 3.72. The lowest BCUT2D eigenvalue weighted by Gasteiger charge is -2.33. The third-order valence-corrected chi connectivity index (χ3v) is 7.12. The number of benzene rings is 1. The molecule has 184 valence electrons. The number of aliphatic hydroxyl groups excluding tert-OH is 3. The third kappa shape index (κ3) is 5.14. The van der Waals surface area contributed by atoms with Crippen LogP contribution in [-0.2, 0) is 4.74 Å². The van der Waals surface area contributed by atoms with Crippen LogP contribution in [0.3, 0.4) is 0 Å².